The van der Waals surface area contributed by atoms with Crippen molar-refractivity contribution in [2.75, 3.05) is 33.9 Å². The van der Waals surface area contributed by atoms with Crippen LogP contribution >= 0.6 is 0 Å². The summed E-state index contributed by atoms with van der Waals surface area (Å²) in [7, 11) is 3.89. The molecule has 2 heterocycles. The highest BCUT2D eigenvalue weighted by molar-refractivity contribution is 5.79. The molecule has 1 fully saturated rings. The van der Waals surface area contributed by atoms with Gasteiger partial charge in [0.25, 0.3) is 0 Å². The van der Waals surface area contributed by atoms with Crippen LogP contribution in [0.5, 0.6) is 0 Å². The van der Waals surface area contributed by atoms with E-state index < -0.39 is 0 Å². The smallest absolute Gasteiger partial charge is 0.193 e. The van der Waals surface area contributed by atoms with E-state index in [4.69, 9.17) is 9.26 Å². The zero-order valence-corrected chi connectivity index (χ0v) is 14.0. The highest BCUT2D eigenvalue weighted by Crippen LogP contribution is 2.18. The second-order valence-electron chi connectivity index (χ2n) is 5.80. The van der Waals surface area contributed by atoms with Crippen molar-refractivity contribution < 1.29 is 9.26 Å². The molecule has 0 aliphatic carbocycles. The molecule has 0 atom stereocenters. The molecule has 1 aliphatic heterocycles. The average Bonchev–Trinajstić information content (AvgIpc) is 3.02. The minimum atomic E-state index is 0.612. The number of rotatable bonds is 6. The van der Waals surface area contributed by atoms with Crippen molar-refractivity contribution in [2.45, 2.75) is 39.2 Å². The van der Waals surface area contributed by atoms with Gasteiger partial charge in [0.1, 0.15) is 0 Å². The number of guanidine groups is 1. The topological polar surface area (TPSA) is 62.9 Å². The van der Waals surface area contributed by atoms with E-state index >= 15 is 0 Å². The number of ether oxygens (including phenoxy) is 1. The van der Waals surface area contributed by atoms with E-state index in [1.54, 1.807) is 0 Å². The van der Waals surface area contributed by atoms with Crippen LogP contribution in [0, 0.1) is 5.92 Å². The van der Waals surface area contributed by atoms with Crippen LogP contribution in [-0.2, 0) is 17.7 Å². The Kier molecular flexibility index (Phi) is 6.71. The molecule has 2 rings (SSSR count). The van der Waals surface area contributed by atoms with Crippen LogP contribution in [0.15, 0.2) is 15.6 Å². The fraction of sp³-hybridized carbons (Fsp3) is 0.750. The Bertz CT molecular complexity index is 466. The van der Waals surface area contributed by atoms with Crippen LogP contribution in [0.2, 0.25) is 0 Å². The lowest BCUT2D eigenvalue weighted by Gasteiger charge is -2.26. The quantitative estimate of drug-likeness (QED) is 0.644. The van der Waals surface area contributed by atoms with Gasteiger partial charge in [-0.1, -0.05) is 12.1 Å². The number of aliphatic imine (C=N–C) groups is 1. The van der Waals surface area contributed by atoms with E-state index in [0.29, 0.717) is 6.54 Å². The maximum atomic E-state index is 5.41. The van der Waals surface area contributed by atoms with Crippen LogP contribution in [-0.4, -0.2) is 49.9 Å². The predicted molar refractivity (Wildman–Crippen MR) is 86.9 cm³/mol. The summed E-state index contributed by atoms with van der Waals surface area (Å²) < 4.78 is 10.7. The zero-order chi connectivity index (χ0) is 15.8. The Labute approximate surface area is 132 Å². The largest absolute Gasteiger partial charge is 0.381 e. The third-order valence-corrected chi connectivity index (χ3v) is 4.18. The number of hydrogen-bond donors (Lipinski definition) is 1. The van der Waals surface area contributed by atoms with E-state index in [1.807, 2.05) is 13.1 Å². The van der Waals surface area contributed by atoms with E-state index in [2.05, 4.69) is 34.3 Å². The van der Waals surface area contributed by atoms with Gasteiger partial charge in [-0.25, -0.2) is 0 Å². The lowest BCUT2D eigenvalue weighted by Crippen LogP contribution is -2.39. The van der Waals surface area contributed by atoms with Gasteiger partial charge in [0.2, 0.25) is 0 Å². The molecule has 6 nitrogen and oxygen atoms in total. The van der Waals surface area contributed by atoms with Crippen molar-refractivity contribution in [3.8, 4) is 0 Å². The first-order chi connectivity index (χ1) is 10.7. The summed E-state index contributed by atoms with van der Waals surface area (Å²) >= 11 is 0. The minimum Gasteiger partial charge on any atom is -0.381 e. The number of hydrogen-bond acceptors (Lipinski definition) is 4. The molecular formula is C16H28N4O2. The number of aryl methyl sites for hydroxylation is 1. The SMILES string of the molecule is CCc1cc(CNC(=NC)N(C)CCC2CCOCC2)on1. The van der Waals surface area contributed by atoms with Gasteiger partial charge in [0, 0.05) is 39.9 Å². The Morgan fingerprint density at radius 2 is 2.23 bits per heavy atom. The van der Waals surface area contributed by atoms with Crippen LogP contribution in [0.4, 0.5) is 0 Å². The highest BCUT2D eigenvalue weighted by Gasteiger charge is 2.15. The zero-order valence-electron chi connectivity index (χ0n) is 14.0. The van der Waals surface area contributed by atoms with Crippen molar-refractivity contribution >= 4 is 5.96 Å². The van der Waals surface area contributed by atoms with Crippen molar-refractivity contribution in [3.63, 3.8) is 0 Å². The summed E-state index contributed by atoms with van der Waals surface area (Å²) in [6.45, 7) is 5.50. The molecule has 1 N–H and O–H groups in total. The second kappa shape index (κ2) is 8.78. The van der Waals surface area contributed by atoms with E-state index in [1.165, 1.54) is 19.3 Å². The van der Waals surface area contributed by atoms with Gasteiger partial charge in [0.15, 0.2) is 11.7 Å². The predicted octanol–water partition coefficient (Wildman–Crippen LogP) is 2.06. The molecule has 0 spiro atoms. The van der Waals surface area contributed by atoms with Crippen molar-refractivity contribution in [1.29, 1.82) is 0 Å². The van der Waals surface area contributed by atoms with Crippen LogP contribution in [0.3, 0.4) is 0 Å². The number of aromatic nitrogens is 1. The molecule has 0 aromatic carbocycles. The van der Waals surface area contributed by atoms with Gasteiger partial charge < -0.3 is 19.5 Å². The first-order valence-corrected chi connectivity index (χ1v) is 8.17. The molecule has 0 bridgehead atoms. The highest BCUT2D eigenvalue weighted by atomic mass is 16.5. The maximum Gasteiger partial charge on any atom is 0.193 e. The van der Waals surface area contributed by atoms with E-state index in [0.717, 1.165) is 49.5 Å². The first kappa shape index (κ1) is 16.8. The molecule has 1 aliphatic rings. The number of nitrogens with zero attached hydrogens (tertiary/aromatic N) is 3. The molecular weight excluding hydrogens is 280 g/mol. The fourth-order valence-corrected chi connectivity index (χ4v) is 2.67. The summed E-state index contributed by atoms with van der Waals surface area (Å²) in [4.78, 5) is 6.51. The summed E-state index contributed by atoms with van der Waals surface area (Å²) in [5, 5.41) is 7.33. The Hall–Kier alpha value is -1.56. The molecule has 1 aromatic rings. The molecule has 22 heavy (non-hydrogen) atoms. The summed E-state index contributed by atoms with van der Waals surface area (Å²) in [6, 6.07) is 1.99. The van der Waals surface area contributed by atoms with Gasteiger partial charge in [-0.15, -0.1) is 0 Å². The Balaban J connectivity index is 1.74. The lowest BCUT2D eigenvalue weighted by atomic mass is 9.96. The van der Waals surface area contributed by atoms with Crippen LogP contribution < -0.4 is 5.32 Å². The lowest BCUT2D eigenvalue weighted by molar-refractivity contribution is 0.0625. The molecule has 0 unspecified atom stereocenters. The normalized spacial score (nSPS) is 16.8. The van der Waals surface area contributed by atoms with E-state index in [-0.39, 0.29) is 0 Å². The third kappa shape index (κ3) is 5.02. The van der Waals surface area contributed by atoms with Crippen molar-refractivity contribution in [1.82, 2.24) is 15.4 Å². The van der Waals surface area contributed by atoms with Crippen molar-refractivity contribution in [3.05, 3.63) is 17.5 Å². The maximum absolute atomic E-state index is 5.41. The molecule has 0 saturated carbocycles. The Morgan fingerprint density at radius 1 is 1.45 bits per heavy atom. The minimum absolute atomic E-state index is 0.612. The standard InChI is InChI=1S/C16H28N4O2/c1-4-14-11-15(22-19-14)12-18-16(17-2)20(3)8-5-13-6-9-21-10-7-13/h11,13H,4-10,12H2,1-3H3,(H,17,18). The second-order valence-corrected chi connectivity index (χ2v) is 5.80. The summed E-state index contributed by atoms with van der Waals surface area (Å²) in [5.74, 6) is 2.51. The fourth-order valence-electron chi connectivity index (χ4n) is 2.67. The summed E-state index contributed by atoms with van der Waals surface area (Å²) in [5.41, 5.74) is 0.986. The third-order valence-electron chi connectivity index (χ3n) is 4.18. The van der Waals surface area contributed by atoms with Gasteiger partial charge >= 0.3 is 0 Å². The number of nitrogens with one attached hydrogen (secondary N) is 1. The van der Waals surface area contributed by atoms with Crippen LogP contribution in [0.25, 0.3) is 0 Å². The molecule has 124 valence electrons. The molecule has 0 amide bonds. The molecule has 1 aromatic heterocycles. The molecule has 0 radical (unpaired) electrons. The Morgan fingerprint density at radius 3 is 2.86 bits per heavy atom. The van der Waals surface area contributed by atoms with Gasteiger partial charge in [-0.05, 0) is 31.6 Å². The molecule has 1 saturated heterocycles. The average molecular weight is 308 g/mol. The van der Waals surface area contributed by atoms with Gasteiger partial charge in [-0.2, -0.15) is 0 Å². The van der Waals surface area contributed by atoms with E-state index in [9.17, 15) is 0 Å². The summed E-state index contributed by atoms with van der Waals surface area (Å²) in [6.07, 6.45) is 4.43. The van der Waals surface area contributed by atoms with Crippen molar-refractivity contribution in [2.24, 2.45) is 10.9 Å². The van der Waals surface area contributed by atoms with Crippen LogP contribution in [0.1, 0.15) is 37.6 Å². The van der Waals surface area contributed by atoms with Gasteiger partial charge in [-0.3, -0.25) is 4.99 Å². The first-order valence-electron chi connectivity index (χ1n) is 8.17. The van der Waals surface area contributed by atoms with Gasteiger partial charge in [0.05, 0.1) is 12.2 Å². The molecule has 6 heteroatoms. The monoisotopic (exact) mass is 308 g/mol.